The van der Waals surface area contributed by atoms with Crippen LogP contribution in [0.4, 0.5) is 4.39 Å². The van der Waals surface area contributed by atoms with Crippen molar-refractivity contribution in [1.29, 1.82) is 0 Å². The Kier molecular flexibility index (Phi) is 6.72. The molecule has 0 aliphatic carbocycles. The highest BCUT2D eigenvalue weighted by Crippen LogP contribution is 2.30. The summed E-state index contributed by atoms with van der Waals surface area (Å²) in [5.41, 5.74) is 2.36. The first-order valence-electron chi connectivity index (χ1n) is 10.4. The second-order valence-electron chi connectivity index (χ2n) is 8.05. The molecule has 34 heavy (non-hydrogen) atoms. The molecule has 6 nitrogen and oxygen atoms in total. The lowest BCUT2D eigenvalue weighted by molar-refractivity contribution is -0.113. The number of phenols is 4. The van der Waals surface area contributed by atoms with Gasteiger partial charge in [-0.15, -0.1) is 0 Å². The van der Waals surface area contributed by atoms with E-state index in [-0.39, 0.29) is 54.2 Å². The van der Waals surface area contributed by atoms with E-state index >= 15 is 0 Å². The minimum absolute atomic E-state index is 0.229. The van der Waals surface area contributed by atoms with E-state index in [0.717, 1.165) is 0 Å². The van der Waals surface area contributed by atoms with Crippen LogP contribution in [-0.2, 0) is 11.3 Å². The Hall–Kier alpha value is -3.62. The zero-order chi connectivity index (χ0) is 24.4. The largest absolute Gasteiger partial charge is 0.504 e. The number of hydrogen-bond acceptors (Lipinski definition) is 6. The third kappa shape index (κ3) is 5.30. The molecule has 4 N–H and O–H groups in total. The molecule has 0 bridgehead atoms. The van der Waals surface area contributed by atoms with E-state index in [0.29, 0.717) is 32.3 Å². The number of carbonyl (C=O) groups is 1. The van der Waals surface area contributed by atoms with Crippen LogP contribution in [0.25, 0.3) is 12.2 Å². The van der Waals surface area contributed by atoms with Gasteiger partial charge in [-0.2, -0.15) is 0 Å². The van der Waals surface area contributed by atoms with Gasteiger partial charge >= 0.3 is 0 Å². The average molecular weight is 526 g/mol. The van der Waals surface area contributed by atoms with Gasteiger partial charge < -0.3 is 20.4 Å². The molecule has 0 radical (unpaired) electrons. The number of aromatic hydroxyl groups is 4. The molecular formula is C26H21BrFNO5. The summed E-state index contributed by atoms with van der Waals surface area (Å²) in [6.45, 7) is 0.741. The highest BCUT2D eigenvalue weighted by molar-refractivity contribution is 9.10. The molecule has 0 unspecified atom stereocenters. The smallest absolute Gasteiger partial charge is 0.187 e. The summed E-state index contributed by atoms with van der Waals surface area (Å²) in [6, 6.07) is 13.3. The molecule has 0 spiro atoms. The van der Waals surface area contributed by atoms with Crippen molar-refractivity contribution >= 4 is 33.9 Å². The molecule has 1 aliphatic heterocycles. The SMILES string of the molecule is O=C1/C(=C\c2ccc(O)c(O)c2)CN(Cc2ccc(Br)cc2F)C/C1=C/c1ccc(O)c(O)c1. The first kappa shape index (κ1) is 23.5. The number of nitrogens with zero attached hydrogens (tertiary/aromatic N) is 1. The Morgan fingerprint density at radius 3 is 1.79 bits per heavy atom. The van der Waals surface area contributed by atoms with Gasteiger partial charge in [-0.05, 0) is 59.7 Å². The number of benzene rings is 3. The van der Waals surface area contributed by atoms with E-state index in [9.17, 15) is 29.6 Å². The lowest BCUT2D eigenvalue weighted by Gasteiger charge is -2.30. The predicted octanol–water partition coefficient (Wildman–Crippen LogP) is 4.96. The fourth-order valence-electron chi connectivity index (χ4n) is 3.78. The molecular weight excluding hydrogens is 505 g/mol. The van der Waals surface area contributed by atoms with E-state index in [4.69, 9.17) is 0 Å². The summed E-state index contributed by atoms with van der Waals surface area (Å²) in [5, 5.41) is 38.8. The standard InChI is InChI=1S/C26H21BrFNO5/c27-20-4-3-17(21(28)11-20)12-29-13-18(7-15-1-5-22(30)24(32)9-15)26(34)19(14-29)8-16-2-6-23(31)25(33)10-16/h1-11,30-33H,12-14H2/b18-7-,19-8-. The molecule has 1 heterocycles. The summed E-state index contributed by atoms with van der Waals surface area (Å²) < 4.78 is 15.1. The molecule has 1 fully saturated rings. The Morgan fingerprint density at radius 1 is 0.794 bits per heavy atom. The van der Waals surface area contributed by atoms with Crippen LogP contribution >= 0.6 is 15.9 Å². The highest BCUT2D eigenvalue weighted by atomic mass is 79.9. The molecule has 3 aromatic carbocycles. The van der Waals surface area contributed by atoms with Crippen LogP contribution in [0.15, 0.2) is 70.2 Å². The number of ketones is 1. The second kappa shape index (κ2) is 9.70. The van der Waals surface area contributed by atoms with Crippen LogP contribution in [0.3, 0.4) is 0 Å². The van der Waals surface area contributed by atoms with Crippen molar-refractivity contribution in [2.75, 3.05) is 13.1 Å². The summed E-state index contributed by atoms with van der Waals surface area (Å²) in [6.07, 6.45) is 3.24. The van der Waals surface area contributed by atoms with Crippen molar-refractivity contribution in [3.63, 3.8) is 0 Å². The number of hydrogen-bond donors (Lipinski definition) is 4. The monoisotopic (exact) mass is 525 g/mol. The highest BCUT2D eigenvalue weighted by Gasteiger charge is 2.27. The average Bonchev–Trinajstić information content (AvgIpc) is 2.78. The van der Waals surface area contributed by atoms with Crippen LogP contribution in [-0.4, -0.2) is 44.2 Å². The zero-order valence-corrected chi connectivity index (χ0v) is 19.5. The molecule has 174 valence electrons. The van der Waals surface area contributed by atoms with Gasteiger partial charge in [-0.25, -0.2) is 4.39 Å². The fourth-order valence-corrected chi connectivity index (χ4v) is 4.11. The number of halogens is 2. The quantitative estimate of drug-likeness (QED) is 0.283. The van der Waals surface area contributed by atoms with E-state index < -0.39 is 0 Å². The summed E-state index contributed by atoms with van der Waals surface area (Å²) in [4.78, 5) is 15.2. The third-order valence-electron chi connectivity index (χ3n) is 5.46. The van der Waals surface area contributed by atoms with E-state index in [2.05, 4.69) is 15.9 Å². The zero-order valence-electron chi connectivity index (χ0n) is 17.9. The van der Waals surface area contributed by atoms with Crippen molar-refractivity contribution in [3.05, 3.63) is 92.7 Å². The summed E-state index contributed by atoms with van der Waals surface area (Å²) in [5.74, 6) is -1.74. The van der Waals surface area contributed by atoms with Crippen LogP contribution < -0.4 is 0 Å². The topological polar surface area (TPSA) is 101 Å². The molecule has 1 saturated heterocycles. The first-order chi connectivity index (χ1) is 16.2. The lowest BCUT2D eigenvalue weighted by Crippen LogP contribution is -2.37. The van der Waals surface area contributed by atoms with E-state index in [1.165, 1.54) is 30.3 Å². The molecule has 1 aliphatic rings. The molecule has 8 heteroatoms. The van der Waals surface area contributed by atoms with E-state index in [1.54, 1.807) is 36.4 Å². The predicted molar refractivity (Wildman–Crippen MR) is 130 cm³/mol. The number of likely N-dealkylation sites (tertiary alicyclic amines) is 1. The van der Waals surface area contributed by atoms with E-state index in [1.807, 2.05) is 4.90 Å². The second-order valence-corrected chi connectivity index (χ2v) is 8.96. The van der Waals surface area contributed by atoms with Gasteiger partial charge in [0.2, 0.25) is 0 Å². The Bertz CT molecular complexity index is 1260. The Morgan fingerprint density at radius 2 is 1.32 bits per heavy atom. The molecule has 0 saturated carbocycles. The maximum atomic E-state index is 14.5. The first-order valence-corrected chi connectivity index (χ1v) is 11.1. The fraction of sp³-hybridized carbons (Fsp3) is 0.115. The lowest BCUT2D eigenvalue weighted by atomic mass is 9.93. The van der Waals surface area contributed by atoms with Gasteiger partial charge in [0.15, 0.2) is 28.8 Å². The number of Topliss-reactive ketones (excluding diaryl/α,β-unsaturated/α-hetero) is 1. The van der Waals surface area contributed by atoms with Crippen LogP contribution in [0, 0.1) is 5.82 Å². The van der Waals surface area contributed by atoms with Gasteiger partial charge in [0.05, 0.1) is 0 Å². The molecule has 0 aromatic heterocycles. The third-order valence-corrected chi connectivity index (χ3v) is 5.95. The van der Waals surface area contributed by atoms with Crippen molar-refractivity contribution in [2.24, 2.45) is 0 Å². The van der Waals surface area contributed by atoms with Gasteiger partial charge in [0, 0.05) is 40.8 Å². The summed E-state index contributed by atoms with van der Waals surface area (Å²) in [7, 11) is 0. The Labute approximate surface area is 203 Å². The van der Waals surface area contributed by atoms with Gasteiger partial charge in [0.25, 0.3) is 0 Å². The van der Waals surface area contributed by atoms with Crippen molar-refractivity contribution in [1.82, 2.24) is 4.90 Å². The molecule has 3 aromatic rings. The number of piperidine rings is 1. The minimum atomic E-state index is -0.366. The summed E-state index contributed by atoms with van der Waals surface area (Å²) >= 11 is 3.25. The van der Waals surface area contributed by atoms with Crippen molar-refractivity contribution in [3.8, 4) is 23.0 Å². The molecule has 0 amide bonds. The minimum Gasteiger partial charge on any atom is -0.504 e. The van der Waals surface area contributed by atoms with Crippen LogP contribution in [0.2, 0.25) is 0 Å². The van der Waals surface area contributed by atoms with Gasteiger partial charge in [-0.3, -0.25) is 9.69 Å². The van der Waals surface area contributed by atoms with Gasteiger partial charge in [0.1, 0.15) is 5.82 Å². The number of phenolic OH excluding ortho intramolecular Hbond substituents is 4. The molecule has 0 atom stereocenters. The van der Waals surface area contributed by atoms with Crippen molar-refractivity contribution < 1.29 is 29.6 Å². The molecule has 4 rings (SSSR count). The maximum Gasteiger partial charge on any atom is 0.187 e. The van der Waals surface area contributed by atoms with Crippen molar-refractivity contribution in [2.45, 2.75) is 6.54 Å². The number of carbonyl (C=O) groups excluding carboxylic acids is 1. The van der Waals surface area contributed by atoms with Gasteiger partial charge in [-0.1, -0.05) is 34.1 Å². The maximum absolute atomic E-state index is 14.5. The number of rotatable bonds is 4. The Balaban J connectivity index is 1.71. The van der Waals surface area contributed by atoms with Crippen LogP contribution in [0.5, 0.6) is 23.0 Å². The van der Waals surface area contributed by atoms with Crippen LogP contribution in [0.1, 0.15) is 16.7 Å². The normalized spacial score (nSPS) is 16.9.